The number of halogens is 2. The van der Waals surface area contributed by atoms with Gasteiger partial charge in [-0.15, -0.1) is 24.8 Å². The van der Waals surface area contributed by atoms with E-state index in [4.69, 9.17) is 0 Å². The summed E-state index contributed by atoms with van der Waals surface area (Å²) in [6.07, 6.45) is 4.79. The number of hydrogen-bond acceptors (Lipinski definition) is 5. The predicted molar refractivity (Wildman–Crippen MR) is 95.1 cm³/mol. The van der Waals surface area contributed by atoms with Gasteiger partial charge in [0.25, 0.3) is 0 Å². The molecule has 1 N–H and O–H groups in total. The predicted octanol–water partition coefficient (Wildman–Crippen LogP) is 0.510. The Balaban J connectivity index is 0.00000144. The van der Waals surface area contributed by atoms with Crippen LogP contribution in [0.1, 0.15) is 12.8 Å². The summed E-state index contributed by atoms with van der Waals surface area (Å²) in [4.78, 5) is 18.1. The zero-order valence-corrected chi connectivity index (χ0v) is 15.6. The summed E-state index contributed by atoms with van der Waals surface area (Å²) in [5, 5.41) is 3.19. The Morgan fingerprint density at radius 2 is 1.92 bits per heavy atom. The van der Waals surface area contributed by atoms with Crippen LogP contribution in [0.15, 0.2) is 29.4 Å². The van der Waals surface area contributed by atoms with Crippen LogP contribution < -0.4 is 5.32 Å². The highest BCUT2D eigenvalue weighted by Crippen LogP contribution is 2.17. The van der Waals surface area contributed by atoms with E-state index in [-0.39, 0.29) is 41.7 Å². The number of piperazine rings is 1. The summed E-state index contributed by atoms with van der Waals surface area (Å²) < 4.78 is 26.4. The molecule has 2 aliphatic heterocycles. The van der Waals surface area contributed by atoms with Gasteiger partial charge in [-0.25, -0.2) is 8.42 Å². The lowest BCUT2D eigenvalue weighted by molar-refractivity contribution is -0.134. The maximum atomic E-state index is 12.5. The summed E-state index contributed by atoms with van der Waals surface area (Å²) in [5.74, 6) is 0.0934. The first-order chi connectivity index (χ1) is 10.6. The maximum Gasteiger partial charge on any atom is 0.244 e. The number of hydrogen-bond donors (Lipinski definition) is 1. The van der Waals surface area contributed by atoms with E-state index in [0.717, 1.165) is 19.4 Å². The molecule has 1 aromatic heterocycles. The fourth-order valence-corrected chi connectivity index (χ4v) is 4.30. The molecule has 7 nitrogen and oxygen atoms in total. The number of pyridine rings is 1. The minimum Gasteiger partial charge on any atom is -0.339 e. The second kappa shape index (κ2) is 8.96. The summed E-state index contributed by atoms with van der Waals surface area (Å²) >= 11 is 0. The molecule has 1 aromatic rings. The molecule has 0 saturated carbocycles. The van der Waals surface area contributed by atoms with Crippen LogP contribution in [0.4, 0.5) is 0 Å². The van der Waals surface area contributed by atoms with Crippen LogP contribution in [0.5, 0.6) is 0 Å². The number of sulfonamides is 1. The summed E-state index contributed by atoms with van der Waals surface area (Å²) in [5.41, 5.74) is 0. The molecule has 0 spiro atoms. The third-order valence-corrected chi connectivity index (χ3v) is 6.06. The van der Waals surface area contributed by atoms with E-state index in [2.05, 4.69) is 10.3 Å². The average Bonchev–Trinajstić information content (AvgIpc) is 3.09. The molecule has 1 atom stereocenters. The summed E-state index contributed by atoms with van der Waals surface area (Å²) in [6, 6.07) is 3.06. The Morgan fingerprint density at radius 1 is 1.21 bits per heavy atom. The number of rotatable bonds is 3. The van der Waals surface area contributed by atoms with Crippen molar-refractivity contribution in [2.75, 3.05) is 32.7 Å². The van der Waals surface area contributed by atoms with Crippen molar-refractivity contribution in [1.82, 2.24) is 19.5 Å². The molecule has 2 saturated heterocycles. The molecule has 3 heterocycles. The third-order valence-electron chi connectivity index (χ3n) is 4.18. The summed E-state index contributed by atoms with van der Waals surface area (Å²) in [7, 11) is -3.51. The normalized spacial score (nSPS) is 21.7. The molecular formula is C14H22Cl2N4O3S. The minimum atomic E-state index is -3.51. The quantitative estimate of drug-likeness (QED) is 0.804. The molecule has 1 unspecified atom stereocenters. The lowest BCUT2D eigenvalue weighted by Gasteiger charge is -2.35. The third kappa shape index (κ3) is 4.37. The van der Waals surface area contributed by atoms with Gasteiger partial charge in [0.1, 0.15) is 4.90 Å². The van der Waals surface area contributed by atoms with Crippen LogP contribution in [-0.4, -0.2) is 67.3 Å². The van der Waals surface area contributed by atoms with Crippen LogP contribution in [0.25, 0.3) is 0 Å². The number of carbonyl (C=O) groups is 1. The Bertz CT molecular complexity index is 631. The number of aromatic nitrogens is 1. The molecule has 24 heavy (non-hydrogen) atoms. The van der Waals surface area contributed by atoms with E-state index >= 15 is 0 Å². The van der Waals surface area contributed by atoms with Gasteiger partial charge in [0.05, 0.1) is 6.04 Å². The van der Waals surface area contributed by atoms with Crippen molar-refractivity contribution in [3.63, 3.8) is 0 Å². The van der Waals surface area contributed by atoms with Gasteiger partial charge in [-0.1, -0.05) is 0 Å². The van der Waals surface area contributed by atoms with Gasteiger partial charge in [0, 0.05) is 38.6 Å². The molecule has 0 aliphatic carbocycles. The van der Waals surface area contributed by atoms with Crippen molar-refractivity contribution in [2.24, 2.45) is 0 Å². The molecule has 1 amide bonds. The SMILES string of the molecule is Cl.Cl.O=C(C1CCCN1)N1CCN(S(=O)(=O)c2cccnc2)CC1. The smallest absolute Gasteiger partial charge is 0.244 e. The zero-order valence-electron chi connectivity index (χ0n) is 13.1. The van der Waals surface area contributed by atoms with E-state index < -0.39 is 10.0 Å². The van der Waals surface area contributed by atoms with Crippen LogP contribution in [0.3, 0.4) is 0 Å². The Labute approximate surface area is 154 Å². The van der Waals surface area contributed by atoms with Crippen LogP contribution >= 0.6 is 24.8 Å². The van der Waals surface area contributed by atoms with E-state index in [1.54, 1.807) is 23.2 Å². The summed E-state index contributed by atoms with van der Waals surface area (Å²) in [6.45, 7) is 2.42. The standard InChI is InChI=1S/C14H20N4O3S.2ClH/c19-14(13-4-2-6-16-13)17-7-9-18(10-8-17)22(20,21)12-3-1-5-15-11-12;;/h1,3,5,11,13,16H,2,4,6-10H2;2*1H. The molecule has 3 rings (SSSR count). The Kier molecular flexibility index (Phi) is 7.88. The van der Waals surface area contributed by atoms with E-state index in [9.17, 15) is 13.2 Å². The van der Waals surface area contributed by atoms with Gasteiger partial charge in [-0.05, 0) is 31.5 Å². The van der Waals surface area contributed by atoms with Crippen molar-refractivity contribution in [2.45, 2.75) is 23.8 Å². The molecule has 0 bridgehead atoms. The van der Waals surface area contributed by atoms with Crippen LogP contribution in [-0.2, 0) is 14.8 Å². The van der Waals surface area contributed by atoms with Crippen molar-refractivity contribution in [3.05, 3.63) is 24.5 Å². The Hall–Kier alpha value is -0.930. The molecule has 10 heteroatoms. The number of nitrogens with zero attached hydrogens (tertiary/aromatic N) is 3. The fourth-order valence-electron chi connectivity index (χ4n) is 2.91. The molecule has 2 fully saturated rings. The fraction of sp³-hybridized carbons (Fsp3) is 0.571. The van der Waals surface area contributed by atoms with Gasteiger partial charge in [-0.3, -0.25) is 9.78 Å². The number of amides is 1. The number of carbonyl (C=O) groups excluding carboxylic acids is 1. The van der Waals surface area contributed by atoms with E-state index in [0.29, 0.717) is 26.2 Å². The molecule has 136 valence electrons. The van der Waals surface area contributed by atoms with Crippen molar-refractivity contribution >= 4 is 40.7 Å². The van der Waals surface area contributed by atoms with Crippen LogP contribution in [0.2, 0.25) is 0 Å². The lowest BCUT2D eigenvalue weighted by Crippen LogP contribution is -2.54. The second-order valence-corrected chi connectivity index (χ2v) is 7.50. The van der Waals surface area contributed by atoms with Gasteiger partial charge >= 0.3 is 0 Å². The van der Waals surface area contributed by atoms with E-state index in [1.807, 2.05) is 0 Å². The molecule has 0 radical (unpaired) electrons. The highest BCUT2D eigenvalue weighted by atomic mass is 35.5. The van der Waals surface area contributed by atoms with Gasteiger partial charge in [-0.2, -0.15) is 4.31 Å². The number of nitrogens with one attached hydrogen (secondary N) is 1. The topological polar surface area (TPSA) is 82.6 Å². The monoisotopic (exact) mass is 396 g/mol. The first kappa shape index (κ1) is 21.1. The highest BCUT2D eigenvalue weighted by molar-refractivity contribution is 7.89. The first-order valence-electron chi connectivity index (χ1n) is 7.51. The van der Waals surface area contributed by atoms with Crippen LogP contribution in [0, 0.1) is 0 Å². The second-order valence-electron chi connectivity index (χ2n) is 5.57. The van der Waals surface area contributed by atoms with Crippen molar-refractivity contribution in [3.8, 4) is 0 Å². The minimum absolute atomic E-state index is 0. The average molecular weight is 397 g/mol. The highest BCUT2D eigenvalue weighted by Gasteiger charge is 2.33. The van der Waals surface area contributed by atoms with Gasteiger partial charge < -0.3 is 10.2 Å². The molecule has 2 aliphatic rings. The first-order valence-corrected chi connectivity index (χ1v) is 8.95. The van der Waals surface area contributed by atoms with Gasteiger partial charge in [0.2, 0.25) is 15.9 Å². The van der Waals surface area contributed by atoms with E-state index in [1.165, 1.54) is 10.5 Å². The Morgan fingerprint density at radius 3 is 2.46 bits per heavy atom. The maximum absolute atomic E-state index is 12.5. The largest absolute Gasteiger partial charge is 0.339 e. The molecular weight excluding hydrogens is 375 g/mol. The zero-order chi connectivity index (χ0) is 15.6. The van der Waals surface area contributed by atoms with Crippen molar-refractivity contribution in [1.29, 1.82) is 0 Å². The van der Waals surface area contributed by atoms with Gasteiger partial charge in [0.15, 0.2) is 0 Å². The van der Waals surface area contributed by atoms with Crippen molar-refractivity contribution < 1.29 is 13.2 Å². The molecule has 0 aromatic carbocycles. The lowest BCUT2D eigenvalue weighted by atomic mass is 10.2.